The molecule has 0 amide bonds. The second-order valence-corrected chi connectivity index (χ2v) is 24.7. The molecule has 4 bridgehead atoms. The SMILES string of the molecule is CC(=O)C=C(C)O.CC12CCC(c3c(-c4nc(N(CNCc5ccccn5)c5ccccc5)cc5ccccc45)n[nH]c31)C2(C)C.CC12CCC(c3c1n[n-]c3-c1nc(N(C[N-]Cc3ccccn3)c3ccccc3)cc3ccccc13)C2(C)C.[Ir]. The van der Waals surface area contributed by atoms with Crippen molar-refractivity contribution in [1.82, 2.24) is 45.6 Å². The molecular formula is C71H74IrN12O2-2. The molecule has 6 heterocycles. The van der Waals surface area contributed by atoms with Crippen LogP contribution in [0.15, 0.2) is 182 Å². The Balaban J connectivity index is 0.000000159. The number of ketones is 1. The van der Waals surface area contributed by atoms with Crippen molar-refractivity contribution >= 4 is 50.3 Å². The Morgan fingerprint density at radius 1 is 0.663 bits per heavy atom. The molecule has 4 atom stereocenters. The molecule has 10 aromatic rings. The molecule has 4 aliphatic rings. The smallest absolute Gasteiger partial charge is 0.155 e. The minimum absolute atomic E-state index is 0. The number of aliphatic hydroxyl groups is 1. The summed E-state index contributed by atoms with van der Waals surface area (Å²) in [6.45, 7) is 19.6. The second kappa shape index (κ2) is 24.3. The molecule has 2 saturated carbocycles. The molecular weight excluding hydrogens is 1250 g/mol. The molecule has 0 saturated heterocycles. The van der Waals surface area contributed by atoms with E-state index in [0.29, 0.717) is 38.3 Å². The monoisotopic (exact) mass is 1320 g/mol. The van der Waals surface area contributed by atoms with Crippen LogP contribution < -0.4 is 20.2 Å². The van der Waals surface area contributed by atoms with Gasteiger partial charge in [-0.3, -0.25) is 25.2 Å². The van der Waals surface area contributed by atoms with Crippen molar-refractivity contribution in [2.24, 2.45) is 10.8 Å². The fraction of sp³-hybridized carbons (Fsp3) is 0.310. The van der Waals surface area contributed by atoms with Gasteiger partial charge in [-0.25, -0.2) is 9.97 Å². The van der Waals surface area contributed by atoms with E-state index < -0.39 is 0 Å². The Kier molecular flexibility index (Phi) is 16.8. The summed E-state index contributed by atoms with van der Waals surface area (Å²) in [6.07, 6.45) is 9.57. The third-order valence-corrected chi connectivity index (χ3v) is 19.3. The third-order valence-electron chi connectivity index (χ3n) is 19.3. The van der Waals surface area contributed by atoms with Crippen LogP contribution in [0.4, 0.5) is 23.0 Å². The van der Waals surface area contributed by atoms with Gasteiger partial charge in [0.15, 0.2) is 5.78 Å². The number of carbonyl (C=O) groups is 1. The Hall–Kier alpha value is -8.20. The number of hydrogen-bond donors (Lipinski definition) is 3. The van der Waals surface area contributed by atoms with Crippen molar-refractivity contribution in [1.29, 1.82) is 0 Å². The molecule has 2 fully saturated rings. The van der Waals surface area contributed by atoms with Crippen LogP contribution in [0, 0.1) is 10.8 Å². The van der Waals surface area contributed by atoms with Gasteiger partial charge >= 0.3 is 0 Å². The number of fused-ring (bicyclic) bond motifs is 12. The molecule has 4 aliphatic carbocycles. The average Bonchev–Trinajstić information content (AvgIpc) is 1.54. The van der Waals surface area contributed by atoms with E-state index in [1.807, 2.05) is 60.9 Å². The van der Waals surface area contributed by atoms with Gasteiger partial charge < -0.3 is 30.4 Å². The number of aromatic nitrogens is 8. The number of allylic oxidation sites excluding steroid dienone is 2. The first-order chi connectivity index (χ1) is 41.1. The van der Waals surface area contributed by atoms with Gasteiger partial charge in [0.2, 0.25) is 0 Å². The molecule has 14 nitrogen and oxygen atoms in total. The van der Waals surface area contributed by atoms with Gasteiger partial charge in [-0.2, -0.15) is 5.10 Å². The van der Waals surface area contributed by atoms with E-state index in [-0.39, 0.29) is 53.3 Å². The van der Waals surface area contributed by atoms with Gasteiger partial charge in [-0.1, -0.05) is 151 Å². The van der Waals surface area contributed by atoms with E-state index in [1.165, 1.54) is 68.1 Å². The summed E-state index contributed by atoms with van der Waals surface area (Å²) in [7, 11) is 0. The quantitative estimate of drug-likeness (QED) is 0.0504. The molecule has 6 aromatic heterocycles. The van der Waals surface area contributed by atoms with Gasteiger partial charge in [0.25, 0.3) is 0 Å². The maximum Gasteiger partial charge on any atom is 0.155 e. The van der Waals surface area contributed by atoms with Crippen molar-refractivity contribution in [3.63, 3.8) is 0 Å². The van der Waals surface area contributed by atoms with Crippen molar-refractivity contribution in [3.8, 4) is 22.8 Å². The van der Waals surface area contributed by atoms with E-state index in [1.54, 1.807) is 0 Å². The summed E-state index contributed by atoms with van der Waals surface area (Å²) >= 11 is 0. The van der Waals surface area contributed by atoms with Crippen LogP contribution in [-0.4, -0.2) is 59.5 Å². The van der Waals surface area contributed by atoms with E-state index in [9.17, 15) is 4.79 Å². The van der Waals surface area contributed by atoms with Crippen LogP contribution in [0.1, 0.15) is 127 Å². The molecule has 4 aromatic carbocycles. The number of para-hydroxylation sites is 2. The third kappa shape index (κ3) is 10.8. The summed E-state index contributed by atoms with van der Waals surface area (Å²) in [5, 5.41) is 39.4. The maximum atomic E-state index is 10.0. The van der Waals surface area contributed by atoms with Gasteiger partial charge in [0, 0.05) is 101 Å². The topological polar surface area (TPSA) is 177 Å². The normalized spacial score (nSPS) is 19.8. The van der Waals surface area contributed by atoms with Crippen LogP contribution in [0.5, 0.6) is 0 Å². The molecule has 441 valence electrons. The zero-order valence-electron chi connectivity index (χ0n) is 50.2. The fourth-order valence-corrected chi connectivity index (χ4v) is 14.1. The average molecular weight is 1320 g/mol. The largest absolute Gasteiger partial charge is 0.640 e. The molecule has 0 spiro atoms. The molecule has 4 unspecified atom stereocenters. The van der Waals surface area contributed by atoms with Crippen LogP contribution in [0.2, 0.25) is 0 Å². The van der Waals surface area contributed by atoms with Crippen molar-refractivity contribution in [2.45, 2.75) is 117 Å². The van der Waals surface area contributed by atoms with E-state index >= 15 is 0 Å². The molecule has 1 radical (unpaired) electrons. The van der Waals surface area contributed by atoms with E-state index in [2.05, 4.69) is 181 Å². The van der Waals surface area contributed by atoms with Gasteiger partial charge in [0.05, 0.1) is 23.8 Å². The first-order valence-electron chi connectivity index (χ1n) is 29.7. The van der Waals surface area contributed by atoms with Crippen molar-refractivity contribution < 1.29 is 30.0 Å². The van der Waals surface area contributed by atoms with Crippen molar-refractivity contribution in [3.05, 3.63) is 221 Å². The summed E-state index contributed by atoms with van der Waals surface area (Å²) in [4.78, 5) is 34.0. The van der Waals surface area contributed by atoms with Crippen LogP contribution in [-0.2, 0) is 48.8 Å². The minimum Gasteiger partial charge on any atom is -0.640 e. The van der Waals surface area contributed by atoms with Gasteiger partial charge in [-0.15, -0.1) is 6.54 Å². The van der Waals surface area contributed by atoms with Crippen LogP contribution in [0.3, 0.4) is 0 Å². The minimum atomic E-state index is -0.125. The number of benzene rings is 4. The van der Waals surface area contributed by atoms with Crippen LogP contribution >= 0.6 is 0 Å². The van der Waals surface area contributed by atoms with E-state index in [0.717, 1.165) is 78.7 Å². The number of aromatic amines is 1. The number of nitrogens with zero attached hydrogens (tertiary/aromatic N) is 10. The van der Waals surface area contributed by atoms with Gasteiger partial charge in [0.1, 0.15) is 23.0 Å². The summed E-state index contributed by atoms with van der Waals surface area (Å²) < 4.78 is 0. The second-order valence-electron chi connectivity index (χ2n) is 24.7. The summed E-state index contributed by atoms with van der Waals surface area (Å²) in [5.74, 6) is 2.62. The first kappa shape index (κ1) is 59.5. The Morgan fingerprint density at radius 2 is 1.20 bits per heavy atom. The number of H-pyrrole nitrogens is 1. The van der Waals surface area contributed by atoms with Gasteiger partial charge in [-0.05, 0) is 139 Å². The summed E-state index contributed by atoms with van der Waals surface area (Å²) in [6, 6.07) is 54.1. The zero-order chi connectivity index (χ0) is 59.1. The number of rotatable bonds is 15. The molecule has 0 aliphatic heterocycles. The molecule has 15 heteroatoms. The zero-order valence-corrected chi connectivity index (χ0v) is 52.6. The Morgan fingerprint density at radius 3 is 1.80 bits per heavy atom. The number of pyridine rings is 4. The van der Waals surface area contributed by atoms with E-state index in [4.69, 9.17) is 35.7 Å². The number of anilines is 4. The molecule has 86 heavy (non-hydrogen) atoms. The van der Waals surface area contributed by atoms with Crippen molar-refractivity contribution in [2.75, 3.05) is 23.1 Å². The predicted molar refractivity (Wildman–Crippen MR) is 340 cm³/mol. The number of hydrogen-bond acceptors (Lipinski definition) is 11. The fourth-order valence-electron chi connectivity index (χ4n) is 14.1. The van der Waals surface area contributed by atoms with Crippen LogP contribution in [0.25, 0.3) is 49.6 Å². The molecule has 3 N–H and O–H groups in total. The Labute approximate surface area is 517 Å². The number of nitrogens with one attached hydrogen (secondary N) is 2. The number of aliphatic hydroxyl groups excluding tert-OH is 1. The summed E-state index contributed by atoms with van der Waals surface area (Å²) in [5.41, 5.74) is 13.6. The first-order valence-corrected chi connectivity index (χ1v) is 29.7. The predicted octanol–water partition coefficient (Wildman–Crippen LogP) is 15.6. The maximum absolute atomic E-state index is 10.0. The Bertz CT molecular complexity index is 3800. The number of carbonyl (C=O) groups excluding carboxylic acids is 1. The molecule has 14 rings (SSSR count). The standard InChI is InChI=1S/C33H34N6.C33H32N6.C5H8O2.Ir/c2*1-32(2)26-16-17-33(32,3)31-28(26)30(37-38-31)29-25-15-8-7-11-22(25)19-27(36-29)39(24-13-5-4-6-14-24)21-34-20-23-12-9-10-18-35-23;1-4(6)3-5(2)7;/h4-15,18-19,26,34H,16-17,20-21H2,1-3H3,(H,37,38);4-15,18-19,26H,16-17,20-21H2,1-3H3;3,6H,1-2H3;/q;-2;;.